The van der Waals surface area contributed by atoms with Crippen molar-refractivity contribution in [2.45, 2.75) is 6.92 Å². The Kier molecular flexibility index (Phi) is 6.56. The number of pyridine rings is 1. The molecule has 0 atom stereocenters. The molecule has 0 radical (unpaired) electrons. The smallest absolute Gasteiger partial charge is 0.145 e. The van der Waals surface area contributed by atoms with Gasteiger partial charge in [-0.2, -0.15) is 0 Å². The fraction of sp³-hybridized carbons (Fsp3) is 0.148. The van der Waals surface area contributed by atoms with Crippen LogP contribution in [0.3, 0.4) is 0 Å². The first-order valence-electron chi connectivity index (χ1n) is 10.5. The standard InChI is InChI=1S/C27H27N3O2/c1-19-10-4-5-13-22(19)30-26-20(18-29-27-21(26)12-8-16-25(27)32-3)11-9-17-28-23-14-6-7-15-24(23)31-2/h4-16,18,28H,17H2,1-3H3,(H,29,30). The zero-order valence-electron chi connectivity index (χ0n) is 18.6. The van der Waals surface area contributed by atoms with Gasteiger partial charge in [0.05, 0.1) is 25.6 Å². The molecule has 0 aliphatic rings. The average Bonchev–Trinajstić information content (AvgIpc) is 2.83. The van der Waals surface area contributed by atoms with Crippen molar-refractivity contribution in [3.05, 3.63) is 90.1 Å². The number of ether oxygens (including phenoxy) is 2. The van der Waals surface area contributed by atoms with Crippen LogP contribution in [0, 0.1) is 6.92 Å². The average molecular weight is 426 g/mol. The van der Waals surface area contributed by atoms with E-state index in [0.29, 0.717) is 6.54 Å². The molecule has 5 heteroatoms. The van der Waals surface area contributed by atoms with Crippen LogP contribution in [0.4, 0.5) is 17.1 Å². The Morgan fingerprint density at radius 2 is 1.56 bits per heavy atom. The molecule has 0 saturated heterocycles. The summed E-state index contributed by atoms with van der Waals surface area (Å²) in [5, 5.41) is 8.03. The summed E-state index contributed by atoms with van der Waals surface area (Å²) in [6.45, 7) is 2.75. The minimum Gasteiger partial charge on any atom is -0.495 e. The van der Waals surface area contributed by atoms with Gasteiger partial charge in [0.15, 0.2) is 0 Å². The van der Waals surface area contributed by atoms with Crippen LogP contribution in [0.1, 0.15) is 11.1 Å². The highest BCUT2D eigenvalue weighted by molar-refractivity contribution is 6.00. The molecule has 162 valence electrons. The molecular formula is C27H27N3O2. The topological polar surface area (TPSA) is 55.4 Å². The number of methoxy groups -OCH3 is 2. The molecule has 1 aromatic heterocycles. The molecule has 0 saturated carbocycles. The molecule has 4 rings (SSSR count). The predicted octanol–water partition coefficient (Wildman–Crippen LogP) is 6.43. The maximum absolute atomic E-state index is 5.54. The van der Waals surface area contributed by atoms with Gasteiger partial charge in [0, 0.05) is 29.4 Å². The van der Waals surface area contributed by atoms with Crippen molar-refractivity contribution in [2.75, 3.05) is 31.4 Å². The van der Waals surface area contributed by atoms with Gasteiger partial charge in [-0.3, -0.25) is 4.98 Å². The highest BCUT2D eigenvalue weighted by atomic mass is 16.5. The van der Waals surface area contributed by atoms with Gasteiger partial charge in [-0.15, -0.1) is 0 Å². The number of aromatic nitrogens is 1. The van der Waals surface area contributed by atoms with Crippen LogP contribution in [0.15, 0.2) is 79.0 Å². The van der Waals surface area contributed by atoms with Gasteiger partial charge in [-0.05, 0) is 36.8 Å². The maximum atomic E-state index is 5.54. The molecule has 3 aromatic carbocycles. The van der Waals surface area contributed by atoms with Gasteiger partial charge < -0.3 is 20.1 Å². The number of nitrogens with one attached hydrogen (secondary N) is 2. The fourth-order valence-corrected chi connectivity index (χ4v) is 3.64. The van der Waals surface area contributed by atoms with Crippen LogP contribution in [0.25, 0.3) is 17.0 Å². The Hall–Kier alpha value is -3.99. The Balaban J connectivity index is 1.67. The van der Waals surface area contributed by atoms with Gasteiger partial charge in [-0.1, -0.05) is 54.6 Å². The van der Waals surface area contributed by atoms with E-state index >= 15 is 0 Å². The number of para-hydroxylation sites is 4. The molecule has 0 aliphatic heterocycles. The third kappa shape index (κ3) is 4.52. The zero-order chi connectivity index (χ0) is 22.3. The Bertz CT molecular complexity index is 1250. The Morgan fingerprint density at radius 1 is 0.844 bits per heavy atom. The molecule has 5 nitrogen and oxygen atoms in total. The molecule has 1 heterocycles. The van der Waals surface area contributed by atoms with Crippen LogP contribution in [-0.2, 0) is 0 Å². The number of benzene rings is 3. The molecule has 0 fully saturated rings. The lowest BCUT2D eigenvalue weighted by molar-refractivity contribution is 0.416. The first kappa shape index (κ1) is 21.2. The van der Waals surface area contributed by atoms with Gasteiger partial charge in [-0.25, -0.2) is 0 Å². The van der Waals surface area contributed by atoms with Crippen molar-refractivity contribution in [3.63, 3.8) is 0 Å². The van der Waals surface area contributed by atoms with Gasteiger partial charge >= 0.3 is 0 Å². The molecule has 0 bridgehead atoms. The number of hydrogen-bond acceptors (Lipinski definition) is 5. The SMILES string of the molecule is COc1ccccc1NCC=Cc1cnc2c(OC)cccc2c1Nc1ccccc1C. The summed E-state index contributed by atoms with van der Waals surface area (Å²) in [5.74, 6) is 1.57. The van der Waals surface area contributed by atoms with E-state index in [2.05, 4.69) is 52.9 Å². The van der Waals surface area contributed by atoms with Crippen molar-refractivity contribution in [1.29, 1.82) is 0 Å². The largest absolute Gasteiger partial charge is 0.495 e. The Morgan fingerprint density at radius 3 is 2.34 bits per heavy atom. The minimum atomic E-state index is 0.653. The monoisotopic (exact) mass is 425 g/mol. The van der Waals surface area contributed by atoms with Crippen LogP contribution >= 0.6 is 0 Å². The van der Waals surface area contributed by atoms with Gasteiger partial charge in [0.2, 0.25) is 0 Å². The molecule has 32 heavy (non-hydrogen) atoms. The first-order valence-corrected chi connectivity index (χ1v) is 10.5. The number of nitrogens with zero attached hydrogens (tertiary/aromatic N) is 1. The molecule has 4 aromatic rings. The predicted molar refractivity (Wildman–Crippen MR) is 133 cm³/mol. The summed E-state index contributed by atoms with van der Waals surface area (Å²) in [6.07, 6.45) is 6.04. The molecule has 0 spiro atoms. The van der Waals surface area contributed by atoms with Gasteiger partial charge in [0.1, 0.15) is 17.0 Å². The summed E-state index contributed by atoms with van der Waals surface area (Å²) in [4.78, 5) is 4.68. The number of aryl methyl sites for hydroxylation is 1. The van der Waals surface area contributed by atoms with E-state index in [9.17, 15) is 0 Å². The molecule has 2 N–H and O–H groups in total. The van der Waals surface area contributed by atoms with Crippen molar-refractivity contribution >= 4 is 34.0 Å². The lowest BCUT2D eigenvalue weighted by Gasteiger charge is -2.16. The summed E-state index contributed by atoms with van der Waals surface area (Å²) < 4.78 is 10.9. The van der Waals surface area contributed by atoms with Crippen molar-refractivity contribution in [1.82, 2.24) is 4.98 Å². The van der Waals surface area contributed by atoms with Crippen molar-refractivity contribution in [3.8, 4) is 11.5 Å². The summed E-state index contributed by atoms with van der Waals surface area (Å²) >= 11 is 0. The van der Waals surface area contributed by atoms with Crippen molar-refractivity contribution < 1.29 is 9.47 Å². The zero-order valence-corrected chi connectivity index (χ0v) is 18.6. The van der Waals surface area contributed by atoms with E-state index < -0.39 is 0 Å². The molecule has 0 aliphatic carbocycles. The Labute approximate surface area is 188 Å². The van der Waals surface area contributed by atoms with Crippen LogP contribution < -0.4 is 20.1 Å². The summed E-state index contributed by atoms with van der Waals surface area (Å²) in [7, 11) is 3.34. The van der Waals surface area contributed by atoms with E-state index in [-0.39, 0.29) is 0 Å². The second kappa shape index (κ2) is 9.88. The van der Waals surface area contributed by atoms with Gasteiger partial charge in [0.25, 0.3) is 0 Å². The third-order valence-electron chi connectivity index (χ3n) is 5.33. The maximum Gasteiger partial charge on any atom is 0.145 e. The third-order valence-corrected chi connectivity index (χ3v) is 5.33. The van der Waals surface area contributed by atoms with Crippen LogP contribution in [0.2, 0.25) is 0 Å². The lowest BCUT2D eigenvalue weighted by atomic mass is 10.1. The quantitative estimate of drug-likeness (QED) is 0.341. The minimum absolute atomic E-state index is 0.653. The van der Waals surface area contributed by atoms with E-state index in [0.717, 1.165) is 45.0 Å². The summed E-state index contributed by atoms with van der Waals surface area (Å²) in [6, 6.07) is 22.1. The molecular weight excluding hydrogens is 398 g/mol. The lowest BCUT2D eigenvalue weighted by Crippen LogP contribution is -2.01. The normalized spacial score (nSPS) is 11.0. The van der Waals surface area contributed by atoms with Crippen molar-refractivity contribution in [2.24, 2.45) is 0 Å². The highest BCUT2D eigenvalue weighted by Gasteiger charge is 2.12. The number of rotatable bonds is 8. The van der Waals surface area contributed by atoms with E-state index in [1.807, 2.05) is 54.7 Å². The number of fused-ring (bicyclic) bond motifs is 1. The molecule has 0 amide bonds. The fourth-order valence-electron chi connectivity index (χ4n) is 3.64. The second-order valence-corrected chi connectivity index (χ2v) is 7.37. The number of anilines is 3. The summed E-state index contributed by atoms with van der Waals surface area (Å²) in [5.41, 5.74) is 6.01. The van der Waals surface area contributed by atoms with E-state index in [4.69, 9.17) is 9.47 Å². The molecule has 0 unspecified atom stereocenters. The van der Waals surface area contributed by atoms with E-state index in [1.54, 1.807) is 14.2 Å². The first-order chi connectivity index (χ1) is 15.7. The number of hydrogen-bond donors (Lipinski definition) is 2. The highest BCUT2D eigenvalue weighted by Crippen LogP contribution is 2.34. The van der Waals surface area contributed by atoms with E-state index in [1.165, 1.54) is 5.56 Å². The van der Waals surface area contributed by atoms with Crippen LogP contribution in [-0.4, -0.2) is 25.7 Å². The second-order valence-electron chi connectivity index (χ2n) is 7.37. The van der Waals surface area contributed by atoms with Crippen LogP contribution in [0.5, 0.6) is 11.5 Å².